The molecular formula is C13H26ClNO. The molecule has 0 spiro atoms. The summed E-state index contributed by atoms with van der Waals surface area (Å²) < 4.78 is 0. The van der Waals surface area contributed by atoms with E-state index in [1.165, 1.54) is 19.3 Å². The first-order valence-corrected chi connectivity index (χ1v) is 7.13. The first kappa shape index (κ1) is 15.8. The molecule has 0 aromatic rings. The number of hydrogen-bond acceptors (Lipinski definition) is 1. The van der Waals surface area contributed by atoms with E-state index in [1.807, 2.05) is 4.90 Å². The van der Waals surface area contributed by atoms with Crippen molar-refractivity contribution in [2.75, 3.05) is 19.0 Å². The lowest BCUT2D eigenvalue weighted by Gasteiger charge is -2.21. The number of carbonyl (C=O) groups is 1. The molecule has 1 amide bonds. The van der Waals surface area contributed by atoms with Crippen LogP contribution in [0.25, 0.3) is 0 Å². The predicted octanol–water partition coefficient (Wildman–Crippen LogP) is 3.82. The molecule has 0 rings (SSSR count). The summed E-state index contributed by atoms with van der Waals surface area (Å²) in [6, 6.07) is 0. The Balaban J connectivity index is 3.77. The Labute approximate surface area is 105 Å². The molecule has 96 valence electrons. The molecule has 0 N–H and O–H groups in total. The highest BCUT2D eigenvalue weighted by Crippen LogP contribution is 2.06. The molecule has 0 aliphatic carbocycles. The smallest absolute Gasteiger partial charge is 0.222 e. The lowest BCUT2D eigenvalue weighted by atomic mass is 10.1. The molecule has 0 aliphatic rings. The average Bonchev–Trinajstić information content (AvgIpc) is 2.29. The van der Waals surface area contributed by atoms with Crippen molar-refractivity contribution in [1.29, 1.82) is 0 Å². The molecule has 0 unspecified atom stereocenters. The predicted molar refractivity (Wildman–Crippen MR) is 71.0 cm³/mol. The van der Waals surface area contributed by atoms with E-state index in [1.54, 1.807) is 0 Å². The highest BCUT2D eigenvalue weighted by Gasteiger charge is 2.11. The van der Waals surface area contributed by atoms with E-state index in [0.29, 0.717) is 18.8 Å². The van der Waals surface area contributed by atoms with Crippen LogP contribution in [0.3, 0.4) is 0 Å². The van der Waals surface area contributed by atoms with Crippen LogP contribution in [0.15, 0.2) is 0 Å². The van der Waals surface area contributed by atoms with E-state index < -0.39 is 0 Å². The summed E-state index contributed by atoms with van der Waals surface area (Å²) in [4.78, 5) is 13.8. The van der Waals surface area contributed by atoms with Gasteiger partial charge in [0.05, 0.1) is 0 Å². The lowest BCUT2D eigenvalue weighted by Crippen LogP contribution is -2.33. The molecule has 2 nitrogen and oxygen atoms in total. The minimum absolute atomic E-state index is 0.283. The molecule has 0 radical (unpaired) electrons. The van der Waals surface area contributed by atoms with Gasteiger partial charge in [-0.3, -0.25) is 4.79 Å². The first-order chi connectivity index (χ1) is 7.76. The van der Waals surface area contributed by atoms with Gasteiger partial charge < -0.3 is 4.90 Å². The zero-order valence-electron chi connectivity index (χ0n) is 10.8. The van der Waals surface area contributed by atoms with Crippen molar-refractivity contribution in [3.05, 3.63) is 0 Å². The molecule has 0 bridgehead atoms. The molecule has 0 heterocycles. The standard InChI is InChI=1S/C13H26ClNO/c1-3-5-7-8-9-13(16)15(12-10-14)11-6-4-2/h3-12H2,1-2H3. The second kappa shape index (κ2) is 11.3. The van der Waals surface area contributed by atoms with Crippen molar-refractivity contribution >= 4 is 17.5 Å². The van der Waals surface area contributed by atoms with Crippen molar-refractivity contribution in [2.45, 2.75) is 58.8 Å². The van der Waals surface area contributed by atoms with Gasteiger partial charge in [-0.25, -0.2) is 0 Å². The monoisotopic (exact) mass is 247 g/mol. The Hall–Kier alpha value is -0.240. The first-order valence-electron chi connectivity index (χ1n) is 6.60. The van der Waals surface area contributed by atoms with Crippen LogP contribution in [-0.4, -0.2) is 29.8 Å². The zero-order valence-corrected chi connectivity index (χ0v) is 11.6. The molecule has 0 aliphatic heterocycles. The molecule has 0 fully saturated rings. The second-order valence-electron chi connectivity index (χ2n) is 4.23. The van der Waals surface area contributed by atoms with Crippen LogP contribution in [0.4, 0.5) is 0 Å². The van der Waals surface area contributed by atoms with Gasteiger partial charge >= 0.3 is 0 Å². The SMILES string of the molecule is CCCCCCC(=O)N(CCCl)CCCC. The van der Waals surface area contributed by atoms with Gasteiger partial charge in [0.1, 0.15) is 0 Å². The average molecular weight is 248 g/mol. The van der Waals surface area contributed by atoms with Gasteiger partial charge in [0.15, 0.2) is 0 Å². The van der Waals surface area contributed by atoms with Crippen LogP contribution in [0.2, 0.25) is 0 Å². The molecule has 0 saturated heterocycles. The highest BCUT2D eigenvalue weighted by atomic mass is 35.5. The number of halogens is 1. The summed E-state index contributed by atoms with van der Waals surface area (Å²) in [6.45, 7) is 5.90. The van der Waals surface area contributed by atoms with Gasteiger partial charge in [0.2, 0.25) is 5.91 Å². The highest BCUT2D eigenvalue weighted by molar-refractivity contribution is 6.18. The molecular weight excluding hydrogens is 222 g/mol. The Morgan fingerprint density at radius 3 is 2.25 bits per heavy atom. The van der Waals surface area contributed by atoms with E-state index in [9.17, 15) is 4.79 Å². The normalized spacial score (nSPS) is 10.4. The van der Waals surface area contributed by atoms with Crippen molar-refractivity contribution in [3.63, 3.8) is 0 Å². The van der Waals surface area contributed by atoms with E-state index in [4.69, 9.17) is 11.6 Å². The fourth-order valence-corrected chi connectivity index (χ4v) is 1.88. The van der Waals surface area contributed by atoms with Crippen LogP contribution in [0.5, 0.6) is 0 Å². The largest absolute Gasteiger partial charge is 0.342 e. The van der Waals surface area contributed by atoms with Crippen LogP contribution < -0.4 is 0 Å². The van der Waals surface area contributed by atoms with E-state index in [-0.39, 0.29) is 5.91 Å². The summed E-state index contributed by atoms with van der Waals surface area (Å²) in [5.74, 6) is 0.829. The summed E-state index contributed by atoms with van der Waals surface area (Å²) in [5.41, 5.74) is 0. The Kier molecular flexibility index (Phi) is 11.1. The van der Waals surface area contributed by atoms with Gasteiger partial charge in [0.25, 0.3) is 0 Å². The summed E-state index contributed by atoms with van der Waals surface area (Å²) in [5, 5.41) is 0. The van der Waals surface area contributed by atoms with Gasteiger partial charge in [0, 0.05) is 25.4 Å². The van der Waals surface area contributed by atoms with Gasteiger partial charge in [-0.05, 0) is 12.8 Å². The molecule has 16 heavy (non-hydrogen) atoms. The number of carbonyl (C=O) groups excluding carboxylic acids is 1. The fourth-order valence-electron chi connectivity index (χ4n) is 1.67. The second-order valence-corrected chi connectivity index (χ2v) is 4.61. The number of alkyl halides is 1. The van der Waals surface area contributed by atoms with Gasteiger partial charge in [-0.1, -0.05) is 39.5 Å². The third kappa shape index (κ3) is 7.98. The van der Waals surface area contributed by atoms with Gasteiger partial charge in [-0.15, -0.1) is 11.6 Å². The van der Waals surface area contributed by atoms with Crippen molar-refractivity contribution < 1.29 is 4.79 Å². The number of hydrogen-bond donors (Lipinski definition) is 0. The topological polar surface area (TPSA) is 20.3 Å². The van der Waals surface area contributed by atoms with E-state index >= 15 is 0 Å². The molecule has 0 aromatic heterocycles. The molecule has 0 saturated carbocycles. The van der Waals surface area contributed by atoms with E-state index in [0.717, 1.165) is 25.8 Å². The summed E-state index contributed by atoms with van der Waals surface area (Å²) in [6.07, 6.45) is 7.55. The lowest BCUT2D eigenvalue weighted by molar-refractivity contribution is -0.131. The van der Waals surface area contributed by atoms with Crippen LogP contribution in [0, 0.1) is 0 Å². The molecule has 3 heteroatoms. The minimum Gasteiger partial charge on any atom is -0.342 e. The maximum Gasteiger partial charge on any atom is 0.222 e. The molecule has 0 aromatic carbocycles. The number of rotatable bonds is 10. The summed E-state index contributed by atoms with van der Waals surface area (Å²) in [7, 11) is 0. The Bertz CT molecular complexity index is 173. The number of amides is 1. The molecule has 0 atom stereocenters. The Morgan fingerprint density at radius 1 is 1.00 bits per heavy atom. The minimum atomic E-state index is 0.283. The quantitative estimate of drug-likeness (QED) is 0.425. The maximum absolute atomic E-state index is 11.9. The third-order valence-electron chi connectivity index (χ3n) is 2.73. The van der Waals surface area contributed by atoms with Crippen LogP contribution in [-0.2, 0) is 4.79 Å². The van der Waals surface area contributed by atoms with Crippen LogP contribution in [0.1, 0.15) is 58.8 Å². The maximum atomic E-state index is 11.9. The number of nitrogens with zero attached hydrogens (tertiary/aromatic N) is 1. The third-order valence-corrected chi connectivity index (χ3v) is 2.90. The Morgan fingerprint density at radius 2 is 1.69 bits per heavy atom. The van der Waals surface area contributed by atoms with Crippen molar-refractivity contribution in [3.8, 4) is 0 Å². The number of unbranched alkanes of at least 4 members (excludes halogenated alkanes) is 4. The van der Waals surface area contributed by atoms with Crippen molar-refractivity contribution in [2.24, 2.45) is 0 Å². The van der Waals surface area contributed by atoms with E-state index in [2.05, 4.69) is 13.8 Å². The van der Waals surface area contributed by atoms with Gasteiger partial charge in [-0.2, -0.15) is 0 Å². The zero-order chi connectivity index (χ0) is 12.2. The van der Waals surface area contributed by atoms with Crippen molar-refractivity contribution in [1.82, 2.24) is 4.90 Å². The van der Waals surface area contributed by atoms with Crippen LogP contribution >= 0.6 is 11.6 Å². The fraction of sp³-hybridized carbons (Fsp3) is 0.923. The summed E-state index contributed by atoms with van der Waals surface area (Å²) >= 11 is 5.71.